The Balaban J connectivity index is 2.20. The number of anilines is 1. The molecule has 0 bridgehead atoms. The summed E-state index contributed by atoms with van der Waals surface area (Å²) in [5, 5.41) is 15.1. The first kappa shape index (κ1) is 14.6. The SMILES string of the molecule is Cc1ccc([N+](=O)[O-])cc1NCc1cc(Cl)ccc1Cl. The van der Waals surface area contributed by atoms with E-state index >= 15 is 0 Å². The molecule has 2 aromatic rings. The zero-order valence-corrected chi connectivity index (χ0v) is 12.2. The second kappa shape index (κ2) is 6.11. The highest BCUT2D eigenvalue weighted by Crippen LogP contribution is 2.25. The number of nitro groups is 1. The smallest absolute Gasteiger partial charge is 0.271 e. The Morgan fingerprint density at radius 3 is 2.65 bits per heavy atom. The van der Waals surface area contributed by atoms with Crippen molar-refractivity contribution in [3.63, 3.8) is 0 Å². The molecule has 2 aromatic carbocycles. The first-order valence-corrected chi connectivity index (χ1v) is 6.66. The average Bonchev–Trinajstić information content (AvgIpc) is 2.41. The van der Waals surface area contributed by atoms with Crippen LogP contribution in [0.3, 0.4) is 0 Å². The van der Waals surface area contributed by atoms with Gasteiger partial charge in [0.15, 0.2) is 0 Å². The second-order valence-electron chi connectivity index (χ2n) is 4.35. The Hall–Kier alpha value is -1.78. The van der Waals surface area contributed by atoms with E-state index in [0.717, 1.165) is 11.1 Å². The van der Waals surface area contributed by atoms with E-state index in [2.05, 4.69) is 5.32 Å². The van der Waals surface area contributed by atoms with Crippen LogP contribution >= 0.6 is 23.2 Å². The summed E-state index contributed by atoms with van der Waals surface area (Å²) in [4.78, 5) is 10.4. The fourth-order valence-electron chi connectivity index (χ4n) is 1.78. The van der Waals surface area contributed by atoms with Crippen molar-refractivity contribution in [1.29, 1.82) is 0 Å². The van der Waals surface area contributed by atoms with Crippen LogP contribution in [0, 0.1) is 17.0 Å². The molecule has 0 aliphatic rings. The Morgan fingerprint density at radius 1 is 1.20 bits per heavy atom. The maximum absolute atomic E-state index is 10.8. The van der Waals surface area contributed by atoms with Crippen LogP contribution in [-0.2, 0) is 6.54 Å². The van der Waals surface area contributed by atoms with Gasteiger partial charge in [-0.25, -0.2) is 0 Å². The zero-order chi connectivity index (χ0) is 14.7. The number of hydrogen-bond acceptors (Lipinski definition) is 3. The van der Waals surface area contributed by atoms with Crippen molar-refractivity contribution in [2.45, 2.75) is 13.5 Å². The molecule has 0 radical (unpaired) electrons. The molecule has 104 valence electrons. The zero-order valence-electron chi connectivity index (χ0n) is 10.7. The lowest BCUT2D eigenvalue weighted by molar-refractivity contribution is -0.384. The van der Waals surface area contributed by atoms with Gasteiger partial charge in [-0.2, -0.15) is 0 Å². The van der Waals surface area contributed by atoms with E-state index in [-0.39, 0.29) is 5.69 Å². The van der Waals surface area contributed by atoms with Crippen LogP contribution in [0.1, 0.15) is 11.1 Å². The molecule has 0 aliphatic heterocycles. The van der Waals surface area contributed by atoms with Crippen molar-refractivity contribution in [2.24, 2.45) is 0 Å². The van der Waals surface area contributed by atoms with Crippen LogP contribution in [0.15, 0.2) is 36.4 Å². The van der Waals surface area contributed by atoms with Gasteiger partial charge >= 0.3 is 0 Å². The Kier molecular flexibility index (Phi) is 4.47. The number of rotatable bonds is 4. The fraction of sp³-hybridized carbons (Fsp3) is 0.143. The van der Waals surface area contributed by atoms with Gasteiger partial charge in [-0.3, -0.25) is 10.1 Å². The summed E-state index contributed by atoms with van der Waals surface area (Å²) < 4.78 is 0. The number of aryl methyl sites for hydroxylation is 1. The molecule has 0 unspecified atom stereocenters. The van der Waals surface area contributed by atoms with Crippen molar-refractivity contribution < 1.29 is 4.92 Å². The van der Waals surface area contributed by atoms with Gasteiger partial charge in [0, 0.05) is 34.4 Å². The molecule has 2 rings (SSSR count). The lowest BCUT2D eigenvalue weighted by atomic mass is 10.1. The molecule has 0 heterocycles. The van der Waals surface area contributed by atoms with Crippen molar-refractivity contribution >= 4 is 34.6 Å². The molecule has 0 fully saturated rings. The Bertz CT molecular complexity index is 660. The predicted molar refractivity (Wildman–Crippen MR) is 81.6 cm³/mol. The van der Waals surface area contributed by atoms with Gasteiger partial charge in [0.05, 0.1) is 4.92 Å². The van der Waals surface area contributed by atoms with Crippen LogP contribution < -0.4 is 5.32 Å². The van der Waals surface area contributed by atoms with E-state index < -0.39 is 4.92 Å². The lowest BCUT2D eigenvalue weighted by Gasteiger charge is -2.11. The number of nitro benzene ring substituents is 1. The molecular weight excluding hydrogens is 299 g/mol. The molecule has 0 aliphatic carbocycles. The molecule has 20 heavy (non-hydrogen) atoms. The first-order chi connectivity index (χ1) is 9.47. The molecule has 0 amide bonds. The van der Waals surface area contributed by atoms with Gasteiger partial charge in [-0.1, -0.05) is 29.3 Å². The topological polar surface area (TPSA) is 55.2 Å². The highest BCUT2D eigenvalue weighted by atomic mass is 35.5. The quantitative estimate of drug-likeness (QED) is 0.650. The third-order valence-electron chi connectivity index (χ3n) is 2.91. The molecule has 0 saturated carbocycles. The summed E-state index contributed by atoms with van der Waals surface area (Å²) in [5.74, 6) is 0. The molecular formula is C14H12Cl2N2O2. The minimum Gasteiger partial charge on any atom is -0.380 e. The fourth-order valence-corrected chi connectivity index (χ4v) is 2.16. The number of benzene rings is 2. The predicted octanol–water partition coefficient (Wildman–Crippen LogP) is 4.82. The minimum atomic E-state index is -0.420. The van der Waals surface area contributed by atoms with E-state index in [4.69, 9.17) is 23.2 Å². The Labute approximate surface area is 126 Å². The van der Waals surface area contributed by atoms with Gasteiger partial charge < -0.3 is 5.32 Å². The third kappa shape index (κ3) is 3.40. The third-order valence-corrected chi connectivity index (χ3v) is 3.51. The largest absolute Gasteiger partial charge is 0.380 e. The van der Waals surface area contributed by atoms with Gasteiger partial charge in [0.25, 0.3) is 5.69 Å². The highest BCUT2D eigenvalue weighted by molar-refractivity contribution is 6.33. The summed E-state index contributed by atoms with van der Waals surface area (Å²) >= 11 is 12.0. The Morgan fingerprint density at radius 2 is 1.95 bits per heavy atom. The van der Waals surface area contributed by atoms with Crippen molar-refractivity contribution in [3.8, 4) is 0 Å². The monoisotopic (exact) mass is 310 g/mol. The van der Waals surface area contributed by atoms with E-state index in [1.54, 1.807) is 24.3 Å². The van der Waals surface area contributed by atoms with Gasteiger partial charge in [-0.15, -0.1) is 0 Å². The highest BCUT2D eigenvalue weighted by Gasteiger charge is 2.09. The van der Waals surface area contributed by atoms with Gasteiger partial charge in [0.1, 0.15) is 0 Å². The molecule has 0 spiro atoms. The summed E-state index contributed by atoms with van der Waals surface area (Å²) in [6.07, 6.45) is 0. The summed E-state index contributed by atoms with van der Waals surface area (Å²) in [6, 6.07) is 9.90. The van der Waals surface area contributed by atoms with Crippen LogP contribution in [-0.4, -0.2) is 4.92 Å². The lowest BCUT2D eigenvalue weighted by Crippen LogP contribution is -2.02. The van der Waals surface area contributed by atoms with Crippen LogP contribution in [0.25, 0.3) is 0 Å². The van der Waals surface area contributed by atoms with E-state index in [1.807, 2.05) is 6.92 Å². The van der Waals surface area contributed by atoms with E-state index in [9.17, 15) is 10.1 Å². The molecule has 1 N–H and O–H groups in total. The normalized spacial score (nSPS) is 10.3. The molecule has 4 nitrogen and oxygen atoms in total. The summed E-state index contributed by atoms with van der Waals surface area (Å²) in [5.41, 5.74) is 2.52. The van der Waals surface area contributed by atoms with Crippen molar-refractivity contribution in [3.05, 3.63) is 67.7 Å². The van der Waals surface area contributed by atoms with Crippen molar-refractivity contribution in [2.75, 3.05) is 5.32 Å². The number of non-ortho nitro benzene ring substituents is 1. The average molecular weight is 311 g/mol. The van der Waals surface area contributed by atoms with E-state index in [1.165, 1.54) is 12.1 Å². The molecule has 0 atom stereocenters. The van der Waals surface area contributed by atoms with Crippen LogP contribution in [0.2, 0.25) is 10.0 Å². The summed E-state index contributed by atoms with van der Waals surface area (Å²) in [7, 11) is 0. The number of nitrogens with one attached hydrogen (secondary N) is 1. The van der Waals surface area contributed by atoms with E-state index in [0.29, 0.717) is 22.3 Å². The van der Waals surface area contributed by atoms with Gasteiger partial charge in [0.2, 0.25) is 0 Å². The molecule has 0 saturated heterocycles. The summed E-state index contributed by atoms with van der Waals surface area (Å²) in [6.45, 7) is 2.33. The van der Waals surface area contributed by atoms with Crippen LogP contribution in [0.5, 0.6) is 0 Å². The minimum absolute atomic E-state index is 0.0512. The van der Waals surface area contributed by atoms with Gasteiger partial charge in [-0.05, 0) is 36.2 Å². The second-order valence-corrected chi connectivity index (χ2v) is 5.19. The number of nitrogens with zero attached hydrogens (tertiary/aromatic N) is 1. The van der Waals surface area contributed by atoms with Crippen molar-refractivity contribution in [1.82, 2.24) is 0 Å². The first-order valence-electron chi connectivity index (χ1n) is 5.90. The maximum atomic E-state index is 10.8. The standard InChI is InChI=1S/C14H12Cl2N2O2/c1-9-2-4-12(18(19)20)7-14(9)17-8-10-6-11(15)3-5-13(10)16/h2-7,17H,8H2,1H3. The molecule has 0 aromatic heterocycles. The van der Waals surface area contributed by atoms with Crippen LogP contribution in [0.4, 0.5) is 11.4 Å². The molecule has 6 heteroatoms. The maximum Gasteiger partial charge on any atom is 0.271 e. The number of halogens is 2. The number of hydrogen-bond donors (Lipinski definition) is 1.